The highest BCUT2D eigenvalue weighted by atomic mass is 16.5. The number of fused-ring (bicyclic) bond motifs is 6. The third kappa shape index (κ3) is 11.4. The van der Waals surface area contributed by atoms with Crippen LogP contribution < -0.4 is 36.7 Å². The van der Waals surface area contributed by atoms with Crippen LogP contribution in [0.1, 0.15) is 97.4 Å². The Kier molecular flexibility index (Phi) is 16.3. The van der Waals surface area contributed by atoms with Crippen LogP contribution in [0.25, 0.3) is 22.5 Å². The van der Waals surface area contributed by atoms with Crippen LogP contribution in [0.4, 0.5) is 0 Å². The number of rotatable bonds is 17. The summed E-state index contributed by atoms with van der Waals surface area (Å²) in [5.74, 6) is -2.01. The van der Waals surface area contributed by atoms with Crippen LogP contribution >= 0.6 is 0 Å². The zero-order valence-corrected chi connectivity index (χ0v) is 39.3. The topological polar surface area (TPSA) is 256 Å². The predicted octanol–water partition coefficient (Wildman–Crippen LogP) is 5.02. The van der Waals surface area contributed by atoms with E-state index in [0.717, 1.165) is 16.9 Å². The summed E-state index contributed by atoms with van der Waals surface area (Å²) in [7, 11) is 1.50. The van der Waals surface area contributed by atoms with Crippen molar-refractivity contribution in [3.05, 3.63) is 88.2 Å². The molecule has 2 amide bonds. The SMILES string of the molecule is Cc1nc(-c2ccc3c(c2)OCC3(C)C)nc(C)c1C(=O)C[C@@H](CCN)C(=O)N(C)[C@@H]1C(=O)C[C@@H](C)C(=O)N[C@H](C(=O)CCC#N)Cc2ccc(OCCN)c(c2)-c2cc1ccc2OCCN. The van der Waals surface area contributed by atoms with Gasteiger partial charge in [0.2, 0.25) is 11.8 Å². The number of carbonyl (C=O) groups is 5. The van der Waals surface area contributed by atoms with Crippen molar-refractivity contribution in [2.45, 2.75) is 90.6 Å². The zero-order chi connectivity index (χ0) is 48.6. The fraction of sp³-hybridized carbons (Fsp3) is 0.451. The Morgan fingerprint density at radius 2 is 1.58 bits per heavy atom. The standard InChI is InChI=1S/C51H62N8O8/c1-29-22-42(62)47(59(6)50(64)35(15-17-53)26-41(61)46-30(2)56-48(57-31(46)3)34-10-12-38-45(27-34)67-28-51(38,4)5)33-11-14-44(66-21-19-55)37(25-33)36-23-32(9-13-43(36)65-20-18-54)24-39(58-49(29)63)40(60)8-7-16-52/h9-14,23,25,27,29,35,39,47H,7-8,15,17-22,24,26,28,53-55H2,1-6H3,(H,58,63)/t29-,35-,39+,47+/m1/s1. The van der Waals surface area contributed by atoms with E-state index in [2.05, 4.69) is 19.2 Å². The van der Waals surface area contributed by atoms with Gasteiger partial charge >= 0.3 is 0 Å². The van der Waals surface area contributed by atoms with Crippen LogP contribution in [0.3, 0.4) is 0 Å². The van der Waals surface area contributed by atoms with Gasteiger partial charge in [0.1, 0.15) is 36.5 Å². The second-order valence-electron chi connectivity index (χ2n) is 18.1. The average molecular weight is 915 g/mol. The lowest BCUT2D eigenvalue weighted by Gasteiger charge is -2.32. The van der Waals surface area contributed by atoms with Gasteiger partial charge in [0, 0.05) is 85.3 Å². The fourth-order valence-electron chi connectivity index (χ4n) is 8.89. The van der Waals surface area contributed by atoms with Crippen molar-refractivity contribution < 1.29 is 38.2 Å². The quantitative estimate of drug-likeness (QED) is 0.102. The molecule has 0 spiro atoms. The maximum absolute atomic E-state index is 14.8. The first-order chi connectivity index (χ1) is 32.0. The maximum atomic E-state index is 14.8. The molecule has 16 heteroatoms. The van der Waals surface area contributed by atoms with Gasteiger partial charge in [-0.3, -0.25) is 24.0 Å². The molecule has 2 aliphatic rings. The van der Waals surface area contributed by atoms with E-state index in [9.17, 15) is 29.2 Å². The van der Waals surface area contributed by atoms with Crippen LogP contribution in [0.5, 0.6) is 17.2 Å². The van der Waals surface area contributed by atoms with Crippen LogP contribution in [0.15, 0.2) is 54.6 Å². The molecule has 3 heterocycles. The minimum Gasteiger partial charge on any atom is -0.492 e. The van der Waals surface area contributed by atoms with Gasteiger partial charge in [0.05, 0.1) is 35.7 Å². The summed E-state index contributed by atoms with van der Waals surface area (Å²) in [4.78, 5) is 82.0. The molecular formula is C51H62N8O8. The Morgan fingerprint density at radius 1 is 0.925 bits per heavy atom. The first kappa shape index (κ1) is 49.9. The minimum atomic E-state index is -1.25. The molecule has 0 saturated carbocycles. The number of ether oxygens (including phenoxy) is 3. The van der Waals surface area contributed by atoms with Crippen LogP contribution in [0.2, 0.25) is 0 Å². The third-order valence-electron chi connectivity index (χ3n) is 12.4. The second-order valence-corrected chi connectivity index (χ2v) is 18.1. The lowest BCUT2D eigenvalue weighted by molar-refractivity contribution is -0.142. The van der Waals surface area contributed by atoms with Crippen LogP contribution in [-0.2, 0) is 31.0 Å². The molecule has 2 aliphatic heterocycles. The van der Waals surface area contributed by atoms with Gasteiger partial charge in [-0.15, -0.1) is 0 Å². The lowest BCUT2D eigenvalue weighted by Crippen LogP contribution is -2.46. The number of nitrogens with zero attached hydrogens (tertiary/aromatic N) is 4. The van der Waals surface area contributed by atoms with E-state index in [1.807, 2.05) is 30.3 Å². The molecule has 7 N–H and O–H groups in total. The number of hydrogen-bond donors (Lipinski definition) is 4. The summed E-state index contributed by atoms with van der Waals surface area (Å²) in [5.41, 5.74) is 22.9. The smallest absolute Gasteiger partial charge is 0.226 e. The zero-order valence-electron chi connectivity index (χ0n) is 39.3. The molecule has 16 nitrogen and oxygen atoms in total. The summed E-state index contributed by atoms with van der Waals surface area (Å²) in [6.07, 6.45) is -0.433. The van der Waals surface area contributed by atoms with Crippen molar-refractivity contribution in [1.82, 2.24) is 20.2 Å². The second kappa shape index (κ2) is 21.8. The van der Waals surface area contributed by atoms with Gasteiger partial charge < -0.3 is 41.6 Å². The molecule has 67 heavy (non-hydrogen) atoms. The van der Waals surface area contributed by atoms with Gasteiger partial charge in [-0.05, 0) is 74.7 Å². The van der Waals surface area contributed by atoms with Gasteiger partial charge in [0.25, 0.3) is 0 Å². The van der Waals surface area contributed by atoms with E-state index in [1.54, 1.807) is 51.1 Å². The molecule has 6 rings (SSSR count). The number of hydrogen-bond acceptors (Lipinski definition) is 14. The Bertz CT molecular complexity index is 2550. The monoisotopic (exact) mass is 914 g/mol. The van der Waals surface area contributed by atoms with Crippen LogP contribution in [-0.4, -0.2) is 96.6 Å². The highest BCUT2D eigenvalue weighted by Crippen LogP contribution is 2.42. The number of nitrogens with two attached hydrogens (primary N) is 3. The largest absolute Gasteiger partial charge is 0.492 e. The Morgan fingerprint density at radius 3 is 2.22 bits per heavy atom. The Labute approximate surface area is 391 Å². The molecule has 0 fully saturated rings. The number of nitrogens with one attached hydrogen (secondary N) is 1. The van der Waals surface area contributed by atoms with Crippen molar-refractivity contribution in [3.8, 4) is 45.8 Å². The molecule has 0 unspecified atom stereocenters. The molecule has 4 atom stereocenters. The first-order valence-corrected chi connectivity index (χ1v) is 22.8. The van der Waals surface area contributed by atoms with Gasteiger partial charge in [-0.25, -0.2) is 9.97 Å². The predicted molar refractivity (Wildman–Crippen MR) is 252 cm³/mol. The summed E-state index contributed by atoms with van der Waals surface area (Å²) in [6.45, 7) is 10.7. The van der Waals surface area contributed by atoms with Crippen LogP contribution in [0, 0.1) is 37.0 Å². The fourth-order valence-corrected chi connectivity index (χ4v) is 8.89. The maximum Gasteiger partial charge on any atom is 0.226 e. The average Bonchev–Trinajstić information content (AvgIpc) is 3.61. The van der Waals surface area contributed by atoms with E-state index in [1.165, 1.54) is 11.9 Å². The number of aryl methyl sites for hydroxylation is 2. The lowest BCUT2D eigenvalue weighted by atomic mass is 9.86. The molecule has 0 aliphatic carbocycles. The van der Waals surface area contributed by atoms with Crippen molar-refractivity contribution in [3.63, 3.8) is 0 Å². The first-order valence-electron chi connectivity index (χ1n) is 22.8. The number of amides is 2. The molecule has 0 radical (unpaired) electrons. The number of carbonyl (C=O) groups excluding carboxylic acids is 5. The molecule has 4 aromatic rings. The summed E-state index contributed by atoms with van der Waals surface area (Å²) in [6, 6.07) is 16.1. The molecule has 0 saturated heterocycles. The van der Waals surface area contributed by atoms with Crippen molar-refractivity contribution >= 4 is 29.2 Å². The summed E-state index contributed by atoms with van der Waals surface area (Å²) < 4.78 is 18.2. The molecule has 3 aromatic carbocycles. The summed E-state index contributed by atoms with van der Waals surface area (Å²) >= 11 is 0. The van der Waals surface area contributed by atoms with E-state index in [-0.39, 0.29) is 88.4 Å². The third-order valence-corrected chi connectivity index (χ3v) is 12.4. The van der Waals surface area contributed by atoms with Gasteiger partial charge in [-0.1, -0.05) is 45.0 Å². The number of aromatic nitrogens is 2. The molecule has 1 aromatic heterocycles. The van der Waals surface area contributed by atoms with Crippen molar-refractivity contribution in [2.75, 3.05) is 46.5 Å². The molecule has 354 valence electrons. The number of benzene rings is 3. The van der Waals surface area contributed by atoms with Crippen molar-refractivity contribution in [1.29, 1.82) is 5.26 Å². The van der Waals surface area contributed by atoms with Gasteiger partial charge in [0.15, 0.2) is 23.2 Å². The molecular weight excluding hydrogens is 853 g/mol. The number of ketones is 3. The van der Waals surface area contributed by atoms with Crippen molar-refractivity contribution in [2.24, 2.45) is 29.0 Å². The summed E-state index contributed by atoms with van der Waals surface area (Å²) in [5, 5.41) is 12.1. The highest BCUT2D eigenvalue weighted by molar-refractivity contribution is 6.01. The Balaban J connectivity index is 1.38. The van der Waals surface area contributed by atoms with E-state index >= 15 is 0 Å². The van der Waals surface area contributed by atoms with E-state index < -0.39 is 41.5 Å². The number of likely N-dealkylation sites (N-methyl/N-ethyl adjacent to an activating group) is 1. The minimum absolute atomic E-state index is 0.0341. The molecule has 4 bridgehead atoms. The Hall–Kier alpha value is -6.54. The van der Waals surface area contributed by atoms with E-state index in [0.29, 0.717) is 63.1 Å². The highest BCUT2D eigenvalue weighted by Gasteiger charge is 2.37. The van der Waals surface area contributed by atoms with E-state index in [4.69, 9.17) is 41.4 Å². The van der Waals surface area contributed by atoms with Gasteiger partial charge in [-0.2, -0.15) is 5.26 Å². The number of Topliss-reactive ketones (excluding diaryl/α,β-unsaturated/α-hetero) is 3. The number of nitriles is 1. The normalized spacial score (nSPS) is 18.1.